The van der Waals surface area contributed by atoms with Crippen molar-refractivity contribution in [3.05, 3.63) is 0 Å². The first-order chi connectivity index (χ1) is 11.0. The van der Waals surface area contributed by atoms with Gasteiger partial charge in [-0.1, -0.05) is 33.6 Å². The molecule has 1 unspecified atom stereocenters. The smallest absolute Gasteiger partial charge is 0.305 e. The van der Waals surface area contributed by atoms with Crippen LogP contribution < -0.4 is 5.32 Å². The molecule has 0 aromatic heterocycles. The molecule has 4 nitrogen and oxygen atoms in total. The third kappa shape index (κ3) is 11.9. The third-order valence-electron chi connectivity index (χ3n) is 3.59. The molecule has 0 radical (unpaired) electrons. The van der Waals surface area contributed by atoms with Gasteiger partial charge in [-0.05, 0) is 40.0 Å². The van der Waals surface area contributed by atoms with Gasteiger partial charge in [0.25, 0.3) is 0 Å². The van der Waals surface area contributed by atoms with Crippen LogP contribution in [0.2, 0.25) is 0 Å². The minimum absolute atomic E-state index is 0.131. The van der Waals surface area contributed by atoms with Gasteiger partial charge in [0.2, 0.25) is 0 Å². The molecule has 0 spiro atoms. The van der Waals surface area contributed by atoms with Crippen LogP contribution in [0.4, 0.5) is 0 Å². The minimum atomic E-state index is -0.435. The van der Waals surface area contributed by atoms with E-state index in [2.05, 4.69) is 5.32 Å². The highest BCUT2D eigenvalue weighted by molar-refractivity contribution is 6.17. The van der Waals surface area contributed by atoms with Crippen LogP contribution in [-0.2, 0) is 14.3 Å². The lowest BCUT2D eigenvalue weighted by Crippen LogP contribution is -2.51. The molecule has 0 rings (SSSR count). The predicted octanol–water partition coefficient (Wildman–Crippen LogP) is 4.48. The summed E-state index contributed by atoms with van der Waals surface area (Å²) in [6.07, 6.45) is 4.70. The zero-order valence-corrected chi connectivity index (χ0v) is 17.1. The van der Waals surface area contributed by atoms with Gasteiger partial charge < -0.3 is 10.1 Å². The normalized spacial score (nSPS) is 13.6. The molecule has 0 heterocycles. The SMILES string of the molecule is CC(C)(C)NC(CCC(=O)OCCCCCCCl)C(=O)C(C)(C)C. The first-order valence-corrected chi connectivity index (χ1v) is 9.54. The molecule has 0 bridgehead atoms. The third-order valence-corrected chi connectivity index (χ3v) is 3.86. The van der Waals surface area contributed by atoms with Gasteiger partial charge in [0.15, 0.2) is 5.78 Å². The number of carbonyl (C=O) groups excluding carboxylic acids is 2. The molecule has 0 fully saturated rings. The van der Waals surface area contributed by atoms with Crippen LogP contribution in [0.3, 0.4) is 0 Å². The van der Waals surface area contributed by atoms with Crippen molar-refractivity contribution in [1.29, 1.82) is 0 Å². The van der Waals surface area contributed by atoms with Crippen molar-refractivity contribution in [3.8, 4) is 0 Å². The summed E-state index contributed by atoms with van der Waals surface area (Å²) in [6, 6.07) is -0.332. The zero-order chi connectivity index (χ0) is 18.8. The van der Waals surface area contributed by atoms with Crippen molar-refractivity contribution in [2.24, 2.45) is 5.41 Å². The second-order valence-corrected chi connectivity index (χ2v) is 8.80. The fraction of sp³-hybridized carbons (Fsp3) is 0.895. The van der Waals surface area contributed by atoms with Gasteiger partial charge in [-0.25, -0.2) is 0 Å². The molecule has 0 saturated heterocycles. The standard InChI is InChI=1S/C19H36ClNO3/c1-18(2,3)17(23)15(21-19(4,5)6)11-12-16(22)24-14-10-8-7-9-13-20/h15,21H,7-14H2,1-6H3. The molecule has 0 amide bonds. The highest BCUT2D eigenvalue weighted by Gasteiger charge is 2.32. The van der Waals surface area contributed by atoms with E-state index in [0.717, 1.165) is 25.7 Å². The average molecular weight is 362 g/mol. The van der Waals surface area contributed by atoms with E-state index in [1.54, 1.807) is 0 Å². The maximum Gasteiger partial charge on any atom is 0.305 e. The first-order valence-electron chi connectivity index (χ1n) is 9.01. The maximum absolute atomic E-state index is 12.6. The molecule has 5 heteroatoms. The summed E-state index contributed by atoms with van der Waals surface area (Å²) in [5.74, 6) is 0.588. The fourth-order valence-electron chi connectivity index (χ4n) is 2.38. The first kappa shape index (κ1) is 23.4. The van der Waals surface area contributed by atoms with Crippen molar-refractivity contribution in [2.45, 2.75) is 91.6 Å². The highest BCUT2D eigenvalue weighted by atomic mass is 35.5. The van der Waals surface area contributed by atoms with Gasteiger partial charge in [-0.2, -0.15) is 0 Å². The van der Waals surface area contributed by atoms with E-state index in [1.165, 1.54) is 0 Å². The van der Waals surface area contributed by atoms with E-state index in [4.69, 9.17) is 16.3 Å². The van der Waals surface area contributed by atoms with Gasteiger partial charge in [0.05, 0.1) is 12.6 Å². The molecule has 0 aliphatic carbocycles. The Labute approximate surface area is 153 Å². The Hall–Kier alpha value is -0.610. The lowest BCUT2D eigenvalue weighted by molar-refractivity contribution is -0.144. The Morgan fingerprint density at radius 2 is 1.58 bits per heavy atom. The molecule has 0 aromatic rings. The summed E-state index contributed by atoms with van der Waals surface area (Å²) in [4.78, 5) is 24.5. The number of hydrogen-bond donors (Lipinski definition) is 1. The number of esters is 1. The molecule has 24 heavy (non-hydrogen) atoms. The maximum atomic E-state index is 12.6. The Kier molecular flexibility index (Phi) is 10.8. The van der Waals surface area contributed by atoms with Crippen molar-refractivity contribution < 1.29 is 14.3 Å². The molecular formula is C19H36ClNO3. The predicted molar refractivity (Wildman–Crippen MR) is 101 cm³/mol. The Balaban J connectivity index is 4.30. The van der Waals surface area contributed by atoms with Crippen LogP contribution in [0.25, 0.3) is 0 Å². The van der Waals surface area contributed by atoms with Gasteiger partial charge >= 0.3 is 5.97 Å². The summed E-state index contributed by atoms with van der Waals surface area (Å²) in [5, 5.41) is 3.34. The number of hydrogen-bond acceptors (Lipinski definition) is 4. The number of ether oxygens (including phenoxy) is 1. The van der Waals surface area contributed by atoms with E-state index in [1.807, 2.05) is 41.5 Å². The number of rotatable bonds is 11. The van der Waals surface area contributed by atoms with Gasteiger partial charge in [-0.15, -0.1) is 11.6 Å². The van der Waals surface area contributed by atoms with Gasteiger partial charge in [-0.3, -0.25) is 9.59 Å². The number of alkyl halides is 1. The van der Waals surface area contributed by atoms with Crippen LogP contribution >= 0.6 is 11.6 Å². The number of ketones is 1. The lowest BCUT2D eigenvalue weighted by atomic mass is 9.84. The number of unbranched alkanes of at least 4 members (excludes halogenated alkanes) is 3. The number of nitrogens with one attached hydrogen (secondary N) is 1. The van der Waals surface area contributed by atoms with E-state index in [0.29, 0.717) is 18.9 Å². The second kappa shape index (κ2) is 11.1. The van der Waals surface area contributed by atoms with Crippen LogP contribution in [0.15, 0.2) is 0 Å². The van der Waals surface area contributed by atoms with Crippen LogP contribution in [0, 0.1) is 5.41 Å². The molecule has 142 valence electrons. The summed E-state index contributed by atoms with van der Waals surface area (Å²) in [5.41, 5.74) is -0.618. The van der Waals surface area contributed by atoms with E-state index in [9.17, 15) is 9.59 Å². The zero-order valence-electron chi connectivity index (χ0n) is 16.3. The number of carbonyl (C=O) groups is 2. The average Bonchev–Trinajstić information content (AvgIpc) is 2.44. The summed E-state index contributed by atoms with van der Waals surface area (Å²) >= 11 is 5.62. The molecule has 0 saturated carbocycles. The molecule has 1 atom stereocenters. The monoisotopic (exact) mass is 361 g/mol. The highest BCUT2D eigenvalue weighted by Crippen LogP contribution is 2.21. The van der Waals surface area contributed by atoms with E-state index in [-0.39, 0.29) is 29.8 Å². The summed E-state index contributed by atoms with van der Waals surface area (Å²) < 4.78 is 5.26. The lowest BCUT2D eigenvalue weighted by Gasteiger charge is -2.31. The molecule has 1 N–H and O–H groups in total. The Morgan fingerprint density at radius 1 is 1.00 bits per heavy atom. The Bertz CT molecular complexity index is 383. The van der Waals surface area contributed by atoms with Crippen molar-refractivity contribution in [1.82, 2.24) is 5.32 Å². The van der Waals surface area contributed by atoms with Gasteiger partial charge in [0.1, 0.15) is 0 Å². The second-order valence-electron chi connectivity index (χ2n) is 8.42. The molecule has 0 aromatic carbocycles. The van der Waals surface area contributed by atoms with Crippen LogP contribution in [0.5, 0.6) is 0 Å². The number of Topliss-reactive ketones (excluding diaryl/α,β-unsaturated/α-hetero) is 1. The fourth-order valence-corrected chi connectivity index (χ4v) is 2.57. The Morgan fingerprint density at radius 3 is 2.08 bits per heavy atom. The van der Waals surface area contributed by atoms with Crippen LogP contribution in [0.1, 0.15) is 80.1 Å². The van der Waals surface area contributed by atoms with E-state index >= 15 is 0 Å². The molecule has 0 aliphatic heterocycles. The van der Waals surface area contributed by atoms with Crippen molar-refractivity contribution in [2.75, 3.05) is 12.5 Å². The molecular weight excluding hydrogens is 326 g/mol. The summed E-state index contributed by atoms with van der Waals surface area (Å²) in [7, 11) is 0. The minimum Gasteiger partial charge on any atom is -0.466 e. The van der Waals surface area contributed by atoms with Crippen LogP contribution in [-0.4, -0.2) is 35.8 Å². The quantitative estimate of drug-likeness (QED) is 0.335. The van der Waals surface area contributed by atoms with Crippen molar-refractivity contribution >= 4 is 23.4 Å². The summed E-state index contributed by atoms with van der Waals surface area (Å²) in [6.45, 7) is 12.2. The van der Waals surface area contributed by atoms with E-state index < -0.39 is 5.41 Å². The van der Waals surface area contributed by atoms with Gasteiger partial charge in [0, 0.05) is 23.3 Å². The number of halogens is 1. The molecule has 0 aliphatic rings. The largest absolute Gasteiger partial charge is 0.466 e. The topological polar surface area (TPSA) is 55.4 Å². The van der Waals surface area contributed by atoms with Crippen molar-refractivity contribution in [3.63, 3.8) is 0 Å².